The molecule has 0 fully saturated rings. The van der Waals surface area contributed by atoms with E-state index in [1.165, 1.54) is 12.3 Å². The molecule has 2 N–H and O–H groups in total. The summed E-state index contributed by atoms with van der Waals surface area (Å²) in [5.41, 5.74) is 0.0724. The second-order valence-corrected chi connectivity index (χ2v) is 4.82. The molecule has 1 heterocycles. The van der Waals surface area contributed by atoms with Gasteiger partial charge in [0.2, 0.25) is 0 Å². The third-order valence-electron chi connectivity index (χ3n) is 2.32. The van der Waals surface area contributed by atoms with E-state index in [-0.39, 0.29) is 16.6 Å². The highest BCUT2D eigenvalue weighted by molar-refractivity contribution is 7.98. The Balaban J connectivity index is 2.91. The number of nitrogens with one attached hydrogen (secondary N) is 1. The first-order chi connectivity index (χ1) is 8.10. The Kier molecular flexibility index (Phi) is 5.58. The number of hydrogen-bond acceptors (Lipinski definition) is 4. The second kappa shape index (κ2) is 6.71. The normalized spacial score (nSPS) is 12.2. The van der Waals surface area contributed by atoms with Crippen molar-refractivity contribution in [2.75, 3.05) is 17.3 Å². The molecule has 94 valence electrons. The van der Waals surface area contributed by atoms with Crippen LogP contribution in [-0.4, -0.2) is 34.1 Å². The minimum atomic E-state index is -1.04. The lowest BCUT2D eigenvalue weighted by Gasteiger charge is -2.17. The van der Waals surface area contributed by atoms with Crippen LogP contribution in [0.3, 0.4) is 0 Å². The van der Waals surface area contributed by atoms with Crippen LogP contribution in [0.4, 0.5) is 5.82 Å². The average Bonchev–Trinajstić information content (AvgIpc) is 2.30. The molecule has 0 radical (unpaired) electrons. The van der Waals surface area contributed by atoms with Crippen molar-refractivity contribution in [2.24, 2.45) is 0 Å². The van der Waals surface area contributed by atoms with Crippen molar-refractivity contribution in [1.29, 1.82) is 0 Å². The number of carbonyl (C=O) groups is 1. The highest BCUT2D eigenvalue weighted by Gasteiger charge is 2.15. The molecule has 1 unspecified atom stereocenters. The van der Waals surface area contributed by atoms with Gasteiger partial charge in [0.25, 0.3) is 0 Å². The topological polar surface area (TPSA) is 62.2 Å². The zero-order chi connectivity index (χ0) is 12.8. The first kappa shape index (κ1) is 14.1. The summed E-state index contributed by atoms with van der Waals surface area (Å²) in [6, 6.07) is 1.63. The molecule has 1 aromatic rings. The predicted molar refractivity (Wildman–Crippen MR) is 72.3 cm³/mol. The van der Waals surface area contributed by atoms with Crippen LogP contribution in [0.5, 0.6) is 0 Å². The largest absolute Gasteiger partial charge is 0.478 e. The third kappa shape index (κ3) is 3.78. The lowest BCUT2D eigenvalue weighted by molar-refractivity contribution is 0.0697. The molecule has 0 saturated heterocycles. The average molecular weight is 275 g/mol. The Morgan fingerprint density at radius 3 is 2.94 bits per heavy atom. The SMILES string of the molecule is CCC(CSC)Nc1nccc(C(=O)O)c1Cl. The number of nitrogens with zero attached hydrogens (tertiary/aromatic N) is 1. The fourth-order valence-electron chi connectivity index (χ4n) is 1.37. The van der Waals surface area contributed by atoms with E-state index in [9.17, 15) is 4.79 Å². The lowest BCUT2D eigenvalue weighted by Crippen LogP contribution is -2.22. The van der Waals surface area contributed by atoms with Crippen molar-refractivity contribution in [2.45, 2.75) is 19.4 Å². The summed E-state index contributed by atoms with van der Waals surface area (Å²) in [5, 5.41) is 12.3. The van der Waals surface area contributed by atoms with Gasteiger partial charge in [-0.15, -0.1) is 0 Å². The fourth-order valence-corrected chi connectivity index (χ4v) is 2.33. The maximum Gasteiger partial charge on any atom is 0.337 e. The minimum Gasteiger partial charge on any atom is -0.478 e. The van der Waals surface area contributed by atoms with Crippen LogP contribution in [0.2, 0.25) is 5.02 Å². The number of anilines is 1. The van der Waals surface area contributed by atoms with Crippen molar-refractivity contribution in [3.05, 3.63) is 22.8 Å². The zero-order valence-corrected chi connectivity index (χ0v) is 11.3. The van der Waals surface area contributed by atoms with Crippen LogP contribution in [0, 0.1) is 0 Å². The molecule has 0 spiro atoms. The van der Waals surface area contributed by atoms with Crippen molar-refractivity contribution in [3.8, 4) is 0 Å². The first-order valence-electron chi connectivity index (χ1n) is 5.23. The van der Waals surface area contributed by atoms with Crippen LogP contribution < -0.4 is 5.32 Å². The van der Waals surface area contributed by atoms with Crippen LogP contribution in [-0.2, 0) is 0 Å². The van der Waals surface area contributed by atoms with Gasteiger partial charge in [-0.2, -0.15) is 11.8 Å². The highest BCUT2D eigenvalue weighted by atomic mass is 35.5. The van der Waals surface area contributed by atoms with Gasteiger partial charge in [-0.3, -0.25) is 0 Å². The number of pyridine rings is 1. The number of hydrogen-bond donors (Lipinski definition) is 2. The Morgan fingerprint density at radius 2 is 2.41 bits per heavy atom. The first-order valence-corrected chi connectivity index (χ1v) is 7.00. The quantitative estimate of drug-likeness (QED) is 0.835. The summed E-state index contributed by atoms with van der Waals surface area (Å²) >= 11 is 7.71. The number of carboxylic acid groups (broad SMARTS) is 1. The molecule has 0 saturated carbocycles. The Labute approximate surface area is 110 Å². The maximum atomic E-state index is 10.9. The molecule has 4 nitrogen and oxygen atoms in total. The van der Waals surface area contributed by atoms with Crippen LogP contribution in [0.25, 0.3) is 0 Å². The summed E-state index contributed by atoms with van der Waals surface area (Å²) in [5.74, 6) is 0.317. The standard InChI is InChI=1S/C11H15ClN2O2S/c1-3-7(6-17-2)14-10-9(12)8(11(15)16)4-5-13-10/h4-5,7H,3,6H2,1-2H3,(H,13,14)(H,15,16). The van der Waals surface area contributed by atoms with E-state index in [4.69, 9.17) is 16.7 Å². The minimum absolute atomic E-state index is 0.0724. The van der Waals surface area contributed by atoms with Gasteiger partial charge in [0.15, 0.2) is 0 Å². The van der Waals surface area contributed by atoms with Crippen molar-refractivity contribution in [3.63, 3.8) is 0 Å². The van der Waals surface area contributed by atoms with E-state index < -0.39 is 5.97 Å². The Bertz CT molecular complexity index is 401. The molecular weight excluding hydrogens is 260 g/mol. The number of carboxylic acids is 1. The summed E-state index contributed by atoms with van der Waals surface area (Å²) in [6.07, 6.45) is 4.40. The van der Waals surface area contributed by atoms with Gasteiger partial charge in [-0.25, -0.2) is 9.78 Å². The summed E-state index contributed by atoms with van der Waals surface area (Å²) in [4.78, 5) is 15.0. The summed E-state index contributed by atoms with van der Waals surface area (Å²) < 4.78 is 0. The van der Waals surface area contributed by atoms with Crippen LogP contribution in [0.1, 0.15) is 23.7 Å². The van der Waals surface area contributed by atoms with Gasteiger partial charge in [-0.1, -0.05) is 18.5 Å². The molecule has 1 rings (SSSR count). The van der Waals surface area contributed by atoms with Gasteiger partial charge in [-0.05, 0) is 18.7 Å². The maximum absolute atomic E-state index is 10.9. The number of thioether (sulfide) groups is 1. The van der Waals surface area contributed by atoms with Crippen molar-refractivity contribution in [1.82, 2.24) is 4.98 Å². The molecule has 1 aromatic heterocycles. The summed E-state index contributed by atoms with van der Waals surface area (Å²) in [6.45, 7) is 2.06. The molecule has 6 heteroatoms. The third-order valence-corrected chi connectivity index (χ3v) is 3.44. The molecule has 0 aliphatic carbocycles. The molecular formula is C11H15ClN2O2S. The molecule has 0 amide bonds. The second-order valence-electron chi connectivity index (χ2n) is 3.53. The van der Waals surface area contributed by atoms with Gasteiger partial charge < -0.3 is 10.4 Å². The smallest absolute Gasteiger partial charge is 0.337 e. The van der Waals surface area contributed by atoms with E-state index in [1.54, 1.807) is 11.8 Å². The van der Waals surface area contributed by atoms with Gasteiger partial charge in [0, 0.05) is 18.0 Å². The molecule has 0 aliphatic heterocycles. The van der Waals surface area contributed by atoms with E-state index in [0.717, 1.165) is 12.2 Å². The monoisotopic (exact) mass is 274 g/mol. The number of aromatic nitrogens is 1. The molecule has 0 bridgehead atoms. The van der Waals surface area contributed by atoms with Crippen molar-refractivity contribution >= 4 is 35.1 Å². The molecule has 0 aromatic carbocycles. The van der Waals surface area contributed by atoms with E-state index in [2.05, 4.69) is 17.2 Å². The van der Waals surface area contributed by atoms with E-state index >= 15 is 0 Å². The molecule has 0 aliphatic rings. The summed E-state index contributed by atoms with van der Waals surface area (Å²) in [7, 11) is 0. The number of halogens is 1. The number of aromatic carboxylic acids is 1. The zero-order valence-electron chi connectivity index (χ0n) is 9.74. The van der Waals surface area contributed by atoms with Crippen LogP contribution in [0.15, 0.2) is 12.3 Å². The van der Waals surface area contributed by atoms with Gasteiger partial charge in [0.05, 0.1) is 10.6 Å². The highest BCUT2D eigenvalue weighted by Crippen LogP contribution is 2.24. The number of rotatable bonds is 6. The molecule has 1 atom stereocenters. The van der Waals surface area contributed by atoms with E-state index in [0.29, 0.717) is 5.82 Å². The Hall–Kier alpha value is -0.940. The van der Waals surface area contributed by atoms with Gasteiger partial charge >= 0.3 is 5.97 Å². The predicted octanol–water partition coefficient (Wildman–Crippen LogP) is 2.99. The van der Waals surface area contributed by atoms with E-state index in [1.807, 2.05) is 6.26 Å². The molecule has 17 heavy (non-hydrogen) atoms. The van der Waals surface area contributed by atoms with Gasteiger partial charge in [0.1, 0.15) is 5.82 Å². The fraction of sp³-hybridized carbons (Fsp3) is 0.455. The Morgan fingerprint density at radius 1 is 1.71 bits per heavy atom. The van der Waals surface area contributed by atoms with Crippen molar-refractivity contribution < 1.29 is 9.90 Å². The lowest BCUT2D eigenvalue weighted by atomic mass is 10.2. The van der Waals surface area contributed by atoms with Crippen LogP contribution >= 0.6 is 23.4 Å².